The molecule has 0 saturated carbocycles. The minimum absolute atomic E-state index is 0.111. The summed E-state index contributed by atoms with van der Waals surface area (Å²) in [7, 11) is 0. The molecule has 0 radical (unpaired) electrons. The molecule has 0 spiro atoms. The molecule has 2 aromatic carbocycles. The van der Waals surface area contributed by atoms with Gasteiger partial charge in [-0.05, 0) is 29.8 Å². The van der Waals surface area contributed by atoms with Gasteiger partial charge in [-0.25, -0.2) is 4.39 Å². The van der Waals surface area contributed by atoms with Gasteiger partial charge in [0.15, 0.2) is 0 Å². The van der Waals surface area contributed by atoms with Crippen molar-refractivity contribution in [3.8, 4) is 5.75 Å². The van der Waals surface area contributed by atoms with Gasteiger partial charge in [-0.3, -0.25) is 0 Å². The van der Waals surface area contributed by atoms with Crippen molar-refractivity contribution in [2.45, 2.75) is 6.61 Å². The fourth-order valence-corrected chi connectivity index (χ4v) is 2.17. The quantitative estimate of drug-likeness (QED) is 0.847. The van der Waals surface area contributed by atoms with Gasteiger partial charge in [0.25, 0.3) is 0 Å². The molecular weight excluding hydrogens is 320 g/mol. The molecule has 0 aliphatic rings. The zero-order chi connectivity index (χ0) is 14.7. The average molecular weight is 330 g/mol. The summed E-state index contributed by atoms with van der Waals surface area (Å²) in [5.41, 5.74) is 6.69. The van der Waals surface area contributed by atoms with Crippen molar-refractivity contribution in [1.82, 2.24) is 0 Å². The fourth-order valence-electron chi connectivity index (χ4n) is 1.65. The van der Waals surface area contributed by atoms with E-state index in [4.69, 9.17) is 45.9 Å². The van der Waals surface area contributed by atoms with E-state index < -0.39 is 5.82 Å². The highest BCUT2D eigenvalue weighted by atomic mass is 35.5. The van der Waals surface area contributed by atoms with Gasteiger partial charge in [-0.1, -0.05) is 41.5 Å². The highest BCUT2D eigenvalue weighted by Crippen LogP contribution is 2.28. The first-order valence-corrected chi connectivity index (χ1v) is 6.80. The van der Waals surface area contributed by atoms with Crippen molar-refractivity contribution in [3.05, 3.63) is 63.4 Å². The number of halogens is 3. The first-order chi connectivity index (χ1) is 9.47. The minimum atomic E-state index is -0.405. The van der Waals surface area contributed by atoms with E-state index in [9.17, 15) is 4.39 Å². The highest BCUT2D eigenvalue weighted by Gasteiger charge is 2.09. The van der Waals surface area contributed by atoms with Crippen molar-refractivity contribution in [2.75, 3.05) is 0 Å². The Labute approximate surface area is 131 Å². The van der Waals surface area contributed by atoms with Crippen LogP contribution < -0.4 is 10.5 Å². The molecule has 0 aliphatic heterocycles. The van der Waals surface area contributed by atoms with Gasteiger partial charge in [-0.2, -0.15) is 0 Å². The maximum Gasteiger partial charge on any atom is 0.139 e. The smallest absolute Gasteiger partial charge is 0.139 e. The summed E-state index contributed by atoms with van der Waals surface area (Å²) in [5.74, 6) is 0.0368. The lowest BCUT2D eigenvalue weighted by molar-refractivity contribution is 0.306. The Hall–Kier alpha value is -1.36. The SMILES string of the molecule is NC(=S)c1cc(F)ccc1COc1cc(Cl)ccc1Cl. The Morgan fingerprint density at radius 2 is 1.95 bits per heavy atom. The van der Waals surface area contributed by atoms with Gasteiger partial charge >= 0.3 is 0 Å². The van der Waals surface area contributed by atoms with Gasteiger partial charge in [0.2, 0.25) is 0 Å². The van der Waals surface area contributed by atoms with E-state index >= 15 is 0 Å². The third-order valence-electron chi connectivity index (χ3n) is 2.61. The van der Waals surface area contributed by atoms with Crippen LogP contribution in [-0.4, -0.2) is 4.99 Å². The third kappa shape index (κ3) is 3.60. The van der Waals surface area contributed by atoms with E-state index in [0.29, 0.717) is 26.9 Å². The molecule has 0 heterocycles. The molecule has 2 N–H and O–H groups in total. The molecule has 0 amide bonds. The molecule has 0 fully saturated rings. The predicted molar refractivity (Wildman–Crippen MR) is 83.1 cm³/mol. The number of ether oxygens (including phenoxy) is 1. The maximum absolute atomic E-state index is 13.2. The fraction of sp³-hybridized carbons (Fsp3) is 0.0714. The molecule has 104 valence electrons. The number of hydrogen-bond acceptors (Lipinski definition) is 2. The van der Waals surface area contributed by atoms with Crippen LogP contribution in [-0.2, 0) is 6.61 Å². The van der Waals surface area contributed by atoms with Crippen LogP contribution >= 0.6 is 35.4 Å². The Bertz CT molecular complexity index is 664. The van der Waals surface area contributed by atoms with E-state index in [1.54, 1.807) is 24.3 Å². The van der Waals surface area contributed by atoms with Gasteiger partial charge in [0.1, 0.15) is 23.2 Å². The van der Waals surface area contributed by atoms with E-state index in [1.165, 1.54) is 12.1 Å². The van der Waals surface area contributed by atoms with Crippen LogP contribution in [0.4, 0.5) is 4.39 Å². The Balaban J connectivity index is 2.23. The first-order valence-electron chi connectivity index (χ1n) is 5.63. The molecule has 0 saturated heterocycles. The zero-order valence-electron chi connectivity index (χ0n) is 10.2. The van der Waals surface area contributed by atoms with E-state index in [2.05, 4.69) is 0 Å². The van der Waals surface area contributed by atoms with Crippen LogP contribution in [0.1, 0.15) is 11.1 Å². The van der Waals surface area contributed by atoms with E-state index in [0.717, 1.165) is 0 Å². The van der Waals surface area contributed by atoms with E-state index in [-0.39, 0.29) is 11.6 Å². The Morgan fingerprint density at radius 3 is 2.65 bits per heavy atom. The van der Waals surface area contributed by atoms with E-state index in [1.807, 2.05) is 0 Å². The molecule has 2 rings (SSSR count). The summed E-state index contributed by atoms with van der Waals surface area (Å²) < 4.78 is 18.8. The Morgan fingerprint density at radius 1 is 1.20 bits per heavy atom. The minimum Gasteiger partial charge on any atom is -0.487 e. The second-order valence-electron chi connectivity index (χ2n) is 4.03. The third-order valence-corrected chi connectivity index (χ3v) is 3.38. The monoisotopic (exact) mass is 329 g/mol. The van der Waals surface area contributed by atoms with Crippen molar-refractivity contribution in [1.29, 1.82) is 0 Å². The van der Waals surface area contributed by atoms with Crippen LogP contribution in [0.3, 0.4) is 0 Å². The molecule has 6 heteroatoms. The van der Waals surface area contributed by atoms with Crippen molar-refractivity contribution < 1.29 is 9.13 Å². The normalized spacial score (nSPS) is 10.3. The number of benzene rings is 2. The topological polar surface area (TPSA) is 35.2 Å². The number of rotatable bonds is 4. The van der Waals surface area contributed by atoms with Crippen LogP contribution in [0.5, 0.6) is 5.75 Å². The standard InChI is InChI=1S/C14H10Cl2FNOS/c15-9-2-4-12(16)13(5-9)19-7-8-1-3-10(17)6-11(8)14(18)20/h1-6H,7H2,(H2,18,20). The van der Waals surface area contributed by atoms with Crippen LogP contribution in [0.25, 0.3) is 0 Å². The van der Waals surface area contributed by atoms with Crippen LogP contribution in [0, 0.1) is 5.82 Å². The number of thiocarbonyl (C=S) groups is 1. The van der Waals surface area contributed by atoms with Crippen LogP contribution in [0.2, 0.25) is 10.0 Å². The first kappa shape index (κ1) is 15.0. The maximum atomic E-state index is 13.2. The lowest BCUT2D eigenvalue weighted by atomic mass is 10.1. The van der Waals surface area contributed by atoms with Gasteiger partial charge in [-0.15, -0.1) is 0 Å². The summed E-state index contributed by atoms with van der Waals surface area (Å²) in [5, 5.41) is 0.950. The number of hydrogen-bond donors (Lipinski definition) is 1. The summed E-state index contributed by atoms with van der Waals surface area (Å²) in [6.07, 6.45) is 0. The second kappa shape index (κ2) is 6.39. The summed E-state index contributed by atoms with van der Waals surface area (Å²) in [4.78, 5) is 0.111. The molecule has 0 unspecified atom stereocenters. The molecule has 0 aromatic heterocycles. The summed E-state index contributed by atoms with van der Waals surface area (Å²) in [6, 6.07) is 9.07. The summed E-state index contributed by atoms with van der Waals surface area (Å²) in [6.45, 7) is 0.160. The van der Waals surface area contributed by atoms with Crippen molar-refractivity contribution in [2.24, 2.45) is 5.73 Å². The molecule has 2 nitrogen and oxygen atoms in total. The molecular formula is C14H10Cl2FNOS. The molecule has 0 aliphatic carbocycles. The Kier molecular flexibility index (Phi) is 4.81. The highest BCUT2D eigenvalue weighted by molar-refractivity contribution is 7.80. The molecule has 0 bridgehead atoms. The lowest BCUT2D eigenvalue weighted by Crippen LogP contribution is -2.14. The average Bonchev–Trinajstić information content (AvgIpc) is 2.40. The summed E-state index contributed by atoms with van der Waals surface area (Å²) >= 11 is 16.8. The van der Waals surface area contributed by atoms with Crippen molar-refractivity contribution >= 4 is 40.4 Å². The number of nitrogens with two attached hydrogens (primary N) is 1. The second-order valence-corrected chi connectivity index (χ2v) is 5.31. The van der Waals surface area contributed by atoms with Gasteiger partial charge in [0, 0.05) is 16.7 Å². The van der Waals surface area contributed by atoms with Crippen LogP contribution in [0.15, 0.2) is 36.4 Å². The lowest BCUT2D eigenvalue weighted by Gasteiger charge is -2.11. The zero-order valence-corrected chi connectivity index (χ0v) is 12.5. The molecule has 0 atom stereocenters. The molecule has 20 heavy (non-hydrogen) atoms. The predicted octanol–water partition coefficient (Wildman–Crippen LogP) is 4.35. The van der Waals surface area contributed by atoms with Gasteiger partial charge in [0.05, 0.1) is 5.02 Å². The largest absolute Gasteiger partial charge is 0.487 e. The molecule has 2 aromatic rings. The van der Waals surface area contributed by atoms with Crippen molar-refractivity contribution in [3.63, 3.8) is 0 Å². The van der Waals surface area contributed by atoms with Gasteiger partial charge < -0.3 is 10.5 Å².